The van der Waals surface area contributed by atoms with E-state index in [1.165, 1.54) is 30.2 Å². The molecule has 0 heterocycles. The van der Waals surface area contributed by atoms with Gasteiger partial charge >= 0.3 is 0 Å². The van der Waals surface area contributed by atoms with Crippen molar-refractivity contribution in [3.63, 3.8) is 0 Å². The molecule has 0 radical (unpaired) electrons. The summed E-state index contributed by atoms with van der Waals surface area (Å²) in [6.07, 6.45) is 0.326. The number of halogens is 1. The van der Waals surface area contributed by atoms with Crippen LogP contribution < -0.4 is 14.4 Å². The van der Waals surface area contributed by atoms with E-state index in [4.69, 9.17) is 16.3 Å². The van der Waals surface area contributed by atoms with Gasteiger partial charge in [-0.15, -0.1) is 0 Å². The molecule has 1 N–H and O–H groups in total. The fraction of sp³-hybridized carbons (Fsp3) is 0.333. The summed E-state index contributed by atoms with van der Waals surface area (Å²) < 4.78 is 34.4. The molecule has 0 fully saturated rings. The van der Waals surface area contributed by atoms with E-state index in [0.29, 0.717) is 6.42 Å². The molecule has 0 aliphatic heterocycles. The second-order valence-electron chi connectivity index (χ2n) is 10.3. The van der Waals surface area contributed by atoms with Crippen LogP contribution in [-0.4, -0.2) is 50.4 Å². The molecule has 3 aromatic rings. The highest BCUT2D eigenvalue weighted by atomic mass is 35.5. The van der Waals surface area contributed by atoms with Crippen LogP contribution in [0.1, 0.15) is 39.7 Å². The fourth-order valence-electron chi connectivity index (χ4n) is 4.24. The van der Waals surface area contributed by atoms with E-state index in [9.17, 15) is 18.0 Å². The van der Waals surface area contributed by atoms with E-state index in [1.807, 2.05) is 58.0 Å². The molecule has 0 saturated carbocycles. The van der Waals surface area contributed by atoms with Crippen molar-refractivity contribution in [3.8, 4) is 5.75 Å². The highest BCUT2D eigenvalue weighted by Crippen LogP contribution is 2.35. The van der Waals surface area contributed by atoms with Crippen LogP contribution in [0.3, 0.4) is 0 Å². The quantitative estimate of drug-likeness (QED) is 0.331. The summed E-state index contributed by atoms with van der Waals surface area (Å²) in [6, 6.07) is 20.8. The maximum atomic E-state index is 14.1. The van der Waals surface area contributed by atoms with Crippen molar-refractivity contribution in [1.29, 1.82) is 0 Å². The minimum Gasteiger partial charge on any atom is -0.495 e. The number of methoxy groups -OCH3 is 1. The number of nitrogens with zero attached hydrogens (tertiary/aromatic N) is 2. The first-order valence-corrected chi connectivity index (χ1v) is 14.8. The first kappa shape index (κ1) is 31.0. The molecule has 3 aromatic carbocycles. The SMILES string of the molecule is CC[C@@H](C(=O)NC(C)(C)C)N(Cc1ccccc1)C(=O)CN(c1cc(Cl)ccc1OC)S(=O)(=O)c1ccccc1. The topological polar surface area (TPSA) is 96.0 Å². The highest BCUT2D eigenvalue weighted by Gasteiger charge is 2.35. The van der Waals surface area contributed by atoms with Crippen LogP contribution in [0.15, 0.2) is 83.8 Å². The Morgan fingerprint density at radius 1 is 0.975 bits per heavy atom. The van der Waals surface area contributed by atoms with E-state index < -0.39 is 34.1 Å². The Morgan fingerprint density at radius 2 is 1.57 bits per heavy atom. The largest absolute Gasteiger partial charge is 0.495 e. The number of hydrogen-bond acceptors (Lipinski definition) is 5. The normalized spacial score (nSPS) is 12.3. The van der Waals surface area contributed by atoms with Gasteiger partial charge in [-0.25, -0.2) is 8.42 Å². The first-order chi connectivity index (χ1) is 18.9. The van der Waals surface area contributed by atoms with E-state index >= 15 is 0 Å². The van der Waals surface area contributed by atoms with Gasteiger partial charge in [0, 0.05) is 17.1 Å². The summed E-state index contributed by atoms with van der Waals surface area (Å²) >= 11 is 6.27. The third kappa shape index (κ3) is 7.76. The lowest BCUT2D eigenvalue weighted by Crippen LogP contribution is -2.55. The molecule has 2 amide bonds. The second kappa shape index (κ2) is 13.2. The van der Waals surface area contributed by atoms with Gasteiger partial charge in [-0.1, -0.05) is 67.1 Å². The van der Waals surface area contributed by atoms with Gasteiger partial charge in [-0.2, -0.15) is 0 Å². The monoisotopic (exact) mass is 585 g/mol. The molecule has 40 heavy (non-hydrogen) atoms. The molecular weight excluding hydrogens is 550 g/mol. The molecule has 10 heteroatoms. The highest BCUT2D eigenvalue weighted by molar-refractivity contribution is 7.92. The molecule has 0 aliphatic rings. The Hall–Kier alpha value is -3.56. The van der Waals surface area contributed by atoms with E-state index in [2.05, 4.69) is 5.32 Å². The Morgan fingerprint density at radius 3 is 2.12 bits per heavy atom. The fourth-order valence-corrected chi connectivity index (χ4v) is 5.85. The van der Waals surface area contributed by atoms with Crippen LogP contribution in [0.2, 0.25) is 5.02 Å². The van der Waals surface area contributed by atoms with Gasteiger partial charge in [0.1, 0.15) is 18.3 Å². The molecule has 214 valence electrons. The molecule has 0 saturated heterocycles. The average Bonchev–Trinajstić information content (AvgIpc) is 2.91. The van der Waals surface area contributed by atoms with Crippen molar-refractivity contribution in [2.45, 2.75) is 57.1 Å². The van der Waals surface area contributed by atoms with E-state index in [0.717, 1.165) is 9.87 Å². The molecular formula is C30H36ClN3O5S. The number of rotatable bonds is 11. The van der Waals surface area contributed by atoms with Gasteiger partial charge < -0.3 is 15.0 Å². The zero-order valence-corrected chi connectivity index (χ0v) is 25.0. The van der Waals surface area contributed by atoms with Crippen molar-refractivity contribution >= 4 is 39.1 Å². The number of hydrogen-bond donors (Lipinski definition) is 1. The number of anilines is 1. The number of ether oxygens (including phenoxy) is 1. The average molecular weight is 586 g/mol. The maximum absolute atomic E-state index is 14.1. The summed E-state index contributed by atoms with van der Waals surface area (Å²) in [5.74, 6) is -0.651. The summed E-state index contributed by atoms with van der Waals surface area (Å²) in [5, 5.41) is 3.23. The van der Waals surface area contributed by atoms with Crippen LogP contribution in [0, 0.1) is 0 Å². The standard InChI is InChI=1S/C30H36ClN3O5S/c1-6-25(29(36)32-30(2,3)4)33(20-22-13-9-7-10-14-22)28(35)21-34(26-19-23(31)17-18-27(26)39-5)40(37,38)24-15-11-8-12-16-24/h7-19,25H,6,20-21H2,1-5H3,(H,32,36)/t25-/m0/s1. The maximum Gasteiger partial charge on any atom is 0.264 e. The molecule has 0 spiro atoms. The summed E-state index contributed by atoms with van der Waals surface area (Å²) in [5.41, 5.74) is 0.387. The van der Waals surface area contributed by atoms with Gasteiger partial charge in [-0.3, -0.25) is 13.9 Å². The molecule has 0 aliphatic carbocycles. The predicted octanol–water partition coefficient (Wildman–Crippen LogP) is 5.27. The summed E-state index contributed by atoms with van der Waals surface area (Å²) in [6.45, 7) is 6.93. The lowest BCUT2D eigenvalue weighted by atomic mass is 10.1. The number of carbonyl (C=O) groups excluding carboxylic acids is 2. The van der Waals surface area contributed by atoms with Gasteiger partial charge in [-0.05, 0) is 63.1 Å². The van der Waals surface area contributed by atoms with Crippen molar-refractivity contribution in [3.05, 3.63) is 89.4 Å². The smallest absolute Gasteiger partial charge is 0.264 e. The summed E-state index contributed by atoms with van der Waals surface area (Å²) in [4.78, 5) is 28.9. The minimum absolute atomic E-state index is 0.00282. The van der Waals surface area contributed by atoms with Gasteiger partial charge in [0.15, 0.2) is 0 Å². The molecule has 0 unspecified atom stereocenters. The van der Waals surface area contributed by atoms with E-state index in [-0.39, 0.29) is 33.8 Å². The zero-order valence-electron chi connectivity index (χ0n) is 23.4. The number of carbonyl (C=O) groups is 2. The molecule has 1 atom stereocenters. The van der Waals surface area contributed by atoms with Crippen LogP contribution in [0.4, 0.5) is 5.69 Å². The molecule has 0 bridgehead atoms. The third-order valence-electron chi connectivity index (χ3n) is 6.10. The number of sulfonamides is 1. The Balaban J connectivity index is 2.12. The number of nitrogens with one attached hydrogen (secondary N) is 1. The number of amides is 2. The van der Waals surface area contributed by atoms with Gasteiger partial charge in [0.2, 0.25) is 11.8 Å². The Bertz CT molecular complexity index is 1410. The first-order valence-electron chi connectivity index (χ1n) is 12.9. The van der Waals surface area contributed by atoms with Crippen LogP contribution in [0.25, 0.3) is 0 Å². The Kier molecular flexibility index (Phi) is 10.2. The second-order valence-corrected chi connectivity index (χ2v) is 12.6. The van der Waals surface area contributed by atoms with Crippen molar-refractivity contribution in [2.24, 2.45) is 0 Å². The lowest BCUT2D eigenvalue weighted by Gasteiger charge is -2.35. The third-order valence-corrected chi connectivity index (χ3v) is 8.11. The van der Waals surface area contributed by atoms with Crippen molar-refractivity contribution in [1.82, 2.24) is 10.2 Å². The summed E-state index contributed by atoms with van der Waals surface area (Å²) in [7, 11) is -2.83. The lowest BCUT2D eigenvalue weighted by molar-refractivity contribution is -0.141. The molecule has 3 rings (SSSR count). The zero-order chi connectivity index (χ0) is 29.5. The molecule has 0 aromatic heterocycles. The minimum atomic E-state index is -4.24. The van der Waals surface area contributed by atoms with Gasteiger partial charge in [0.25, 0.3) is 10.0 Å². The Labute approximate surface area is 241 Å². The predicted molar refractivity (Wildman–Crippen MR) is 158 cm³/mol. The van der Waals surface area contributed by atoms with Crippen molar-refractivity contribution < 1.29 is 22.7 Å². The van der Waals surface area contributed by atoms with Crippen LogP contribution in [-0.2, 0) is 26.2 Å². The number of benzene rings is 3. The van der Waals surface area contributed by atoms with E-state index in [1.54, 1.807) is 30.3 Å². The van der Waals surface area contributed by atoms with Crippen LogP contribution in [0.5, 0.6) is 5.75 Å². The van der Waals surface area contributed by atoms with Crippen molar-refractivity contribution in [2.75, 3.05) is 18.0 Å². The molecule has 8 nitrogen and oxygen atoms in total. The van der Waals surface area contributed by atoms with Crippen LogP contribution >= 0.6 is 11.6 Å². The van der Waals surface area contributed by atoms with Gasteiger partial charge in [0.05, 0.1) is 17.7 Å².